The van der Waals surface area contributed by atoms with Crippen molar-refractivity contribution >= 4 is 23.8 Å². The highest BCUT2D eigenvalue weighted by Gasteiger charge is 2.26. The minimum Gasteiger partial charge on any atom is -0.437 e. The number of methoxy groups -OCH3 is 2. The van der Waals surface area contributed by atoms with Gasteiger partial charge in [-0.25, -0.2) is 9.59 Å². The van der Waals surface area contributed by atoms with Crippen LogP contribution in [0.5, 0.6) is 11.5 Å². The van der Waals surface area contributed by atoms with E-state index in [0.717, 1.165) is 26.4 Å². The zero-order valence-electron chi connectivity index (χ0n) is 15.1. The maximum absolute atomic E-state index is 13.0. The van der Waals surface area contributed by atoms with Crippen molar-refractivity contribution in [1.29, 1.82) is 0 Å². The summed E-state index contributed by atoms with van der Waals surface area (Å²) in [6.07, 6.45) is -2.23. The van der Waals surface area contributed by atoms with Gasteiger partial charge in [0.25, 0.3) is 5.69 Å². The molecule has 28 heavy (non-hydrogen) atoms. The molecule has 0 saturated carbocycles. The Hall–Kier alpha value is -3.95. The van der Waals surface area contributed by atoms with Gasteiger partial charge in [-0.15, -0.1) is 0 Å². The fraction of sp³-hybridized carbons (Fsp3) is 0.167. The second-order valence-corrected chi connectivity index (χ2v) is 5.33. The fourth-order valence-corrected chi connectivity index (χ4v) is 2.26. The number of nitrogens with zero attached hydrogens (tertiary/aromatic N) is 1. The largest absolute Gasteiger partial charge is 0.513 e. The van der Waals surface area contributed by atoms with Gasteiger partial charge in [-0.05, 0) is 30.7 Å². The van der Waals surface area contributed by atoms with Crippen molar-refractivity contribution in [3.8, 4) is 11.5 Å². The molecule has 0 heterocycles. The van der Waals surface area contributed by atoms with Crippen molar-refractivity contribution in [3.05, 3.63) is 63.2 Å². The minimum atomic E-state index is -1.14. The first-order valence-corrected chi connectivity index (χ1v) is 7.72. The first kappa shape index (κ1) is 20.4. The minimum absolute atomic E-state index is 0.0827. The molecular formula is C18H15NO9. The SMILES string of the molecule is COC(=O)Oc1ccc(C)c(C(=O)c2ccc([N+](=O)[O-])cc2)c1OC(=O)OC. The van der Waals surface area contributed by atoms with E-state index >= 15 is 0 Å². The third-order valence-electron chi connectivity index (χ3n) is 3.61. The molecule has 0 aliphatic carbocycles. The topological polar surface area (TPSA) is 131 Å². The molecule has 0 aliphatic heterocycles. The number of hydrogen-bond acceptors (Lipinski definition) is 9. The Labute approximate surface area is 158 Å². The summed E-state index contributed by atoms with van der Waals surface area (Å²) in [5.74, 6) is -1.20. The van der Waals surface area contributed by atoms with E-state index in [4.69, 9.17) is 9.47 Å². The van der Waals surface area contributed by atoms with Gasteiger partial charge in [-0.3, -0.25) is 14.9 Å². The van der Waals surface area contributed by atoms with E-state index in [1.807, 2.05) is 0 Å². The van der Waals surface area contributed by atoms with Crippen molar-refractivity contribution in [2.45, 2.75) is 6.92 Å². The predicted molar refractivity (Wildman–Crippen MR) is 93.8 cm³/mol. The number of carbonyl (C=O) groups excluding carboxylic acids is 3. The molecule has 2 aromatic carbocycles. The number of benzene rings is 2. The van der Waals surface area contributed by atoms with Crippen LogP contribution >= 0.6 is 0 Å². The molecule has 10 nitrogen and oxygen atoms in total. The Bertz CT molecular complexity index is 935. The molecule has 2 aromatic rings. The van der Waals surface area contributed by atoms with Crippen LogP contribution in [0.1, 0.15) is 21.5 Å². The predicted octanol–water partition coefficient (Wildman–Crippen LogP) is 3.42. The van der Waals surface area contributed by atoms with Crippen molar-refractivity contribution in [2.75, 3.05) is 14.2 Å². The summed E-state index contributed by atoms with van der Waals surface area (Å²) in [6.45, 7) is 1.57. The lowest BCUT2D eigenvalue weighted by atomic mass is 9.97. The lowest BCUT2D eigenvalue weighted by Gasteiger charge is -2.15. The Morgan fingerprint density at radius 3 is 2.00 bits per heavy atom. The van der Waals surface area contributed by atoms with E-state index in [-0.39, 0.29) is 28.3 Å². The normalized spacial score (nSPS) is 9.96. The molecule has 2 rings (SSSR count). The van der Waals surface area contributed by atoms with Crippen LogP contribution in [-0.4, -0.2) is 37.2 Å². The van der Waals surface area contributed by atoms with Crippen LogP contribution in [-0.2, 0) is 9.47 Å². The van der Waals surface area contributed by atoms with Crippen molar-refractivity contribution in [2.24, 2.45) is 0 Å². The third kappa shape index (κ3) is 4.41. The van der Waals surface area contributed by atoms with Gasteiger partial charge < -0.3 is 18.9 Å². The Morgan fingerprint density at radius 2 is 1.46 bits per heavy atom. The van der Waals surface area contributed by atoms with E-state index in [9.17, 15) is 24.5 Å². The molecular weight excluding hydrogens is 374 g/mol. The van der Waals surface area contributed by atoms with Gasteiger partial charge in [0.2, 0.25) is 0 Å². The summed E-state index contributed by atoms with van der Waals surface area (Å²) in [6, 6.07) is 7.64. The third-order valence-corrected chi connectivity index (χ3v) is 3.61. The Balaban J connectivity index is 2.57. The maximum Gasteiger partial charge on any atom is 0.513 e. The second kappa shape index (κ2) is 8.62. The van der Waals surface area contributed by atoms with Crippen LogP contribution in [0.3, 0.4) is 0 Å². The number of nitro benzene ring substituents is 1. The van der Waals surface area contributed by atoms with Crippen molar-refractivity contribution < 1.29 is 38.3 Å². The van der Waals surface area contributed by atoms with Gasteiger partial charge in [-0.2, -0.15) is 0 Å². The average molecular weight is 389 g/mol. The lowest BCUT2D eigenvalue weighted by Crippen LogP contribution is -2.16. The summed E-state index contributed by atoms with van der Waals surface area (Å²) in [4.78, 5) is 46.2. The molecule has 0 atom stereocenters. The Kier molecular flexibility index (Phi) is 6.27. The zero-order valence-corrected chi connectivity index (χ0v) is 15.1. The number of nitro groups is 1. The van der Waals surface area contributed by atoms with Crippen LogP contribution in [0.25, 0.3) is 0 Å². The molecule has 0 radical (unpaired) electrons. The number of carbonyl (C=O) groups is 3. The van der Waals surface area contributed by atoms with Crippen LogP contribution in [0, 0.1) is 17.0 Å². The quantitative estimate of drug-likeness (QED) is 0.248. The molecule has 0 spiro atoms. The van der Waals surface area contributed by atoms with Crippen LogP contribution < -0.4 is 9.47 Å². The molecule has 0 saturated heterocycles. The molecule has 0 N–H and O–H groups in total. The smallest absolute Gasteiger partial charge is 0.437 e. The summed E-state index contributed by atoms with van der Waals surface area (Å²) in [5, 5.41) is 10.8. The summed E-state index contributed by atoms with van der Waals surface area (Å²) in [5.41, 5.74) is 0.223. The van der Waals surface area contributed by atoms with E-state index in [0.29, 0.717) is 5.56 Å². The second-order valence-electron chi connectivity index (χ2n) is 5.33. The number of ether oxygens (including phenoxy) is 4. The number of ketones is 1. The van der Waals surface area contributed by atoms with Gasteiger partial charge in [0, 0.05) is 17.7 Å². The molecule has 10 heteroatoms. The summed E-state index contributed by atoms with van der Waals surface area (Å²) in [7, 11) is 2.15. The lowest BCUT2D eigenvalue weighted by molar-refractivity contribution is -0.384. The van der Waals surface area contributed by atoms with Gasteiger partial charge >= 0.3 is 12.3 Å². The average Bonchev–Trinajstić information content (AvgIpc) is 2.69. The number of hydrogen-bond donors (Lipinski definition) is 0. The van der Waals surface area contributed by atoms with Crippen LogP contribution in [0.4, 0.5) is 15.3 Å². The van der Waals surface area contributed by atoms with Gasteiger partial charge in [0.1, 0.15) is 0 Å². The van der Waals surface area contributed by atoms with Crippen LogP contribution in [0.15, 0.2) is 36.4 Å². The summed E-state index contributed by atoms with van der Waals surface area (Å²) < 4.78 is 18.8. The zero-order chi connectivity index (χ0) is 20.8. The molecule has 0 bridgehead atoms. The Morgan fingerprint density at radius 1 is 0.893 bits per heavy atom. The van der Waals surface area contributed by atoms with Gasteiger partial charge in [-0.1, -0.05) is 6.07 Å². The fourth-order valence-electron chi connectivity index (χ4n) is 2.26. The molecule has 146 valence electrons. The monoisotopic (exact) mass is 389 g/mol. The number of non-ortho nitro benzene ring substituents is 1. The highest BCUT2D eigenvalue weighted by molar-refractivity contribution is 6.12. The molecule has 0 aliphatic rings. The van der Waals surface area contributed by atoms with E-state index < -0.39 is 23.0 Å². The standard InChI is InChI=1S/C18H15NO9/c1-10-4-9-13(27-17(21)25-2)16(28-18(22)26-3)14(10)15(20)11-5-7-12(8-6-11)19(23)24/h4-9H,1-3H3. The molecule has 0 unspecified atom stereocenters. The maximum atomic E-state index is 13.0. The van der Waals surface area contributed by atoms with Crippen molar-refractivity contribution in [1.82, 2.24) is 0 Å². The highest BCUT2D eigenvalue weighted by atomic mass is 16.7. The van der Waals surface area contributed by atoms with E-state index in [2.05, 4.69) is 9.47 Å². The molecule has 0 aromatic heterocycles. The van der Waals surface area contributed by atoms with Crippen molar-refractivity contribution in [3.63, 3.8) is 0 Å². The first-order chi connectivity index (χ1) is 13.3. The summed E-state index contributed by atoms with van der Waals surface area (Å²) >= 11 is 0. The highest BCUT2D eigenvalue weighted by Crippen LogP contribution is 2.36. The molecule has 0 fully saturated rings. The van der Waals surface area contributed by atoms with E-state index in [1.165, 1.54) is 24.3 Å². The van der Waals surface area contributed by atoms with Gasteiger partial charge in [0.15, 0.2) is 17.3 Å². The first-order valence-electron chi connectivity index (χ1n) is 7.72. The van der Waals surface area contributed by atoms with Crippen LogP contribution in [0.2, 0.25) is 0 Å². The molecule has 0 amide bonds. The van der Waals surface area contributed by atoms with Gasteiger partial charge in [0.05, 0.1) is 24.7 Å². The van der Waals surface area contributed by atoms with E-state index in [1.54, 1.807) is 6.92 Å². The number of aryl methyl sites for hydroxylation is 1. The number of rotatable bonds is 5.